The van der Waals surface area contributed by atoms with Crippen LogP contribution < -0.4 is 0 Å². The molecule has 0 bridgehead atoms. The van der Waals surface area contributed by atoms with Crippen molar-refractivity contribution in [3.05, 3.63) is 58.0 Å². The minimum atomic E-state index is -0.0350. The number of amides is 1. The molecule has 104 valence electrons. The molecule has 1 aromatic carbocycles. The van der Waals surface area contributed by atoms with E-state index in [0.29, 0.717) is 22.2 Å². The van der Waals surface area contributed by atoms with E-state index in [1.807, 2.05) is 17.0 Å². The Bertz CT molecular complexity index is 630. The molecule has 2 aromatic rings. The molecule has 0 spiro atoms. The molecule has 3 rings (SSSR count). The summed E-state index contributed by atoms with van der Waals surface area (Å²) in [6.07, 6.45) is 2.97. The zero-order valence-corrected chi connectivity index (χ0v) is 12.7. The summed E-state index contributed by atoms with van der Waals surface area (Å²) < 4.78 is 4.98. The van der Waals surface area contributed by atoms with E-state index in [0.717, 1.165) is 11.3 Å². The van der Waals surface area contributed by atoms with Gasteiger partial charge in [0.25, 0.3) is 5.91 Å². The van der Waals surface area contributed by atoms with Gasteiger partial charge < -0.3 is 9.32 Å². The van der Waals surface area contributed by atoms with Crippen LogP contribution in [0.5, 0.6) is 0 Å². The summed E-state index contributed by atoms with van der Waals surface area (Å²) in [5, 5.41) is 0.991. The van der Waals surface area contributed by atoms with E-state index >= 15 is 0 Å². The maximum Gasteiger partial charge on any atom is 0.258 e. The van der Waals surface area contributed by atoms with Gasteiger partial charge in [-0.15, -0.1) is 11.8 Å². The predicted molar refractivity (Wildman–Crippen MR) is 81.4 cm³/mol. The van der Waals surface area contributed by atoms with Gasteiger partial charge in [0, 0.05) is 12.3 Å². The maximum absolute atomic E-state index is 12.4. The number of hydrogen-bond donors (Lipinski definition) is 0. The average molecular weight is 328 g/mol. The van der Waals surface area contributed by atoms with Crippen LogP contribution in [0.2, 0.25) is 10.0 Å². The average Bonchev–Trinajstić information content (AvgIpc) is 3.11. The SMILES string of the molecule is O=C(c1ccoc1)N1CCS[C@H]1c1ccc(Cl)c(Cl)c1. The van der Waals surface area contributed by atoms with E-state index in [2.05, 4.69) is 0 Å². The molecule has 20 heavy (non-hydrogen) atoms. The molecule has 1 amide bonds. The second kappa shape index (κ2) is 5.72. The van der Waals surface area contributed by atoms with E-state index in [-0.39, 0.29) is 11.3 Å². The van der Waals surface area contributed by atoms with Crippen molar-refractivity contribution in [3.63, 3.8) is 0 Å². The van der Waals surface area contributed by atoms with Gasteiger partial charge in [0.1, 0.15) is 11.6 Å². The lowest BCUT2D eigenvalue weighted by atomic mass is 10.2. The van der Waals surface area contributed by atoms with Crippen LogP contribution in [0.3, 0.4) is 0 Å². The van der Waals surface area contributed by atoms with Crippen LogP contribution in [-0.2, 0) is 0 Å². The lowest BCUT2D eigenvalue weighted by Gasteiger charge is -2.23. The number of thioether (sulfide) groups is 1. The van der Waals surface area contributed by atoms with Crippen molar-refractivity contribution in [2.45, 2.75) is 5.37 Å². The fourth-order valence-electron chi connectivity index (χ4n) is 2.17. The Hall–Kier alpha value is -1.10. The molecular formula is C14H11Cl2NO2S. The summed E-state index contributed by atoms with van der Waals surface area (Å²) in [6.45, 7) is 0.708. The number of halogens is 2. The summed E-state index contributed by atoms with van der Waals surface area (Å²) >= 11 is 13.7. The van der Waals surface area contributed by atoms with Gasteiger partial charge >= 0.3 is 0 Å². The molecule has 6 heteroatoms. The molecule has 3 nitrogen and oxygen atoms in total. The van der Waals surface area contributed by atoms with Gasteiger partial charge in [0.05, 0.1) is 21.9 Å². The number of rotatable bonds is 2. The summed E-state index contributed by atoms with van der Waals surface area (Å²) in [6, 6.07) is 7.17. The van der Waals surface area contributed by atoms with Crippen molar-refractivity contribution < 1.29 is 9.21 Å². The maximum atomic E-state index is 12.4. The van der Waals surface area contributed by atoms with Crippen LogP contribution in [0.4, 0.5) is 0 Å². The Morgan fingerprint density at radius 1 is 1.30 bits per heavy atom. The van der Waals surface area contributed by atoms with E-state index in [9.17, 15) is 4.79 Å². The summed E-state index contributed by atoms with van der Waals surface area (Å²) in [5.74, 6) is 0.869. The second-order valence-corrected chi connectivity index (χ2v) is 6.41. The van der Waals surface area contributed by atoms with Crippen molar-refractivity contribution in [2.24, 2.45) is 0 Å². The van der Waals surface area contributed by atoms with Crippen LogP contribution in [0.15, 0.2) is 41.2 Å². The van der Waals surface area contributed by atoms with E-state index in [1.54, 1.807) is 23.9 Å². The van der Waals surface area contributed by atoms with Crippen molar-refractivity contribution in [1.29, 1.82) is 0 Å². The van der Waals surface area contributed by atoms with Crippen molar-refractivity contribution in [2.75, 3.05) is 12.3 Å². The highest BCUT2D eigenvalue weighted by Gasteiger charge is 2.31. The largest absolute Gasteiger partial charge is 0.472 e. The highest BCUT2D eigenvalue weighted by molar-refractivity contribution is 7.99. The number of carbonyl (C=O) groups is 1. The Balaban J connectivity index is 1.88. The monoisotopic (exact) mass is 327 g/mol. The number of carbonyl (C=O) groups excluding carboxylic acids is 1. The molecule has 1 atom stereocenters. The van der Waals surface area contributed by atoms with E-state index < -0.39 is 0 Å². The van der Waals surface area contributed by atoms with Crippen LogP contribution in [0, 0.1) is 0 Å². The zero-order valence-electron chi connectivity index (χ0n) is 10.4. The molecule has 0 N–H and O–H groups in total. The molecule has 1 saturated heterocycles. The van der Waals surface area contributed by atoms with Crippen molar-refractivity contribution >= 4 is 40.9 Å². The molecule has 0 unspecified atom stereocenters. The molecule has 0 aliphatic carbocycles. The number of benzene rings is 1. The van der Waals surface area contributed by atoms with Crippen molar-refractivity contribution in [3.8, 4) is 0 Å². The number of furan rings is 1. The van der Waals surface area contributed by atoms with Gasteiger partial charge in [-0.25, -0.2) is 0 Å². The Kier molecular flexibility index (Phi) is 3.96. The first-order chi connectivity index (χ1) is 9.66. The molecule has 0 radical (unpaired) electrons. The molecule has 1 aromatic heterocycles. The minimum absolute atomic E-state index is 0.0279. The number of nitrogens with zero attached hydrogens (tertiary/aromatic N) is 1. The first-order valence-corrected chi connectivity index (χ1v) is 7.87. The third kappa shape index (κ3) is 2.55. The fourth-order valence-corrected chi connectivity index (χ4v) is 3.72. The first kappa shape index (κ1) is 13.9. The quantitative estimate of drug-likeness (QED) is 0.815. The van der Waals surface area contributed by atoms with Gasteiger partial charge in [-0.3, -0.25) is 4.79 Å². The standard InChI is InChI=1S/C14H11Cl2NO2S/c15-11-2-1-9(7-12(11)16)14-17(4-6-20-14)13(18)10-3-5-19-8-10/h1-3,5,7-8,14H,4,6H2/t14-/m0/s1. The Labute approximate surface area is 130 Å². The topological polar surface area (TPSA) is 33.5 Å². The molecule has 1 aliphatic heterocycles. The van der Waals surface area contributed by atoms with Crippen LogP contribution >= 0.6 is 35.0 Å². The zero-order chi connectivity index (χ0) is 14.1. The second-order valence-electron chi connectivity index (χ2n) is 4.41. The third-order valence-corrected chi connectivity index (χ3v) is 5.15. The lowest BCUT2D eigenvalue weighted by Crippen LogP contribution is -2.30. The van der Waals surface area contributed by atoms with Gasteiger partial charge in [-0.05, 0) is 23.8 Å². The minimum Gasteiger partial charge on any atom is -0.472 e. The van der Waals surface area contributed by atoms with Gasteiger partial charge in [-0.2, -0.15) is 0 Å². The third-order valence-electron chi connectivity index (χ3n) is 3.15. The lowest BCUT2D eigenvalue weighted by molar-refractivity contribution is 0.0759. The first-order valence-electron chi connectivity index (χ1n) is 6.06. The van der Waals surface area contributed by atoms with E-state index in [1.165, 1.54) is 12.5 Å². The van der Waals surface area contributed by atoms with Crippen molar-refractivity contribution in [1.82, 2.24) is 4.90 Å². The fraction of sp³-hybridized carbons (Fsp3) is 0.214. The number of hydrogen-bond acceptors (Lipinski definition) is 3. The molecule has 1 aliphatic rings. The van der Waals surface area contributed by atoms with E-state index in [4.69, 9.17) is 27.6 Å². The summed E-state index contributed by atoms with van der Waals surface area (Å²) in [4.78, 5) is 14.3. The van der Waals surface area contributed by atoms with Gasteiger partial charge in [0.2, 0.25) is 0 Å². The molecular weight excluding hydrogens is 317 g/mol. The predicted octanol–water partition coefficient (Wildman–Crippen LogP) is 4.47. The summed E-state index contributed by atoms with van der Waals surface area (Å²) in [5.41, 5.74) is 1.55. The molecule has 2 heterocycles. The van der Waals surface area contributed by atoms with Crippen LogP contribution in [0.1, 0.15) is 21.3 Å². The molecule has 0 saturated carbocycles. The Morgan fingerprint density at radius 3 is 2.85 bits per heavy atom. The van der Waals surface area contributed by atoms with Crippen LogP contribution in [-0.4, -0.2) is 23.1 Å². The normalized spacial score (nSPS) is 18.5. The summed E-state index contributed by atoms with van der Waals surface area (Å²) in [7, 11) is 0. The smallest absolute Gasteiger partial charge is 0.258 e. The van der Waals surface area contributed by atoms with Crippen LogP contribution in [0.25, 0.3) is 0 Å². The highest BCUT2D eigenvalue weighted by atomic mass is 35.5. The molecule has 1 fully saturated rings. The van der Waals surface area contributed by atoms with Gasteiger partial charge in [-0.1, -0.05) is 29.3 Å². The Morgan fingerprint density at radius 2 is 2.15 bits per heavy atom. The highest BCUT2D eigenvalue weighted by Crippen LogP contribution is 2.40. The van der Waals surface area contributed by atoms with Gasteiger partial charge in [0.15, 0.2) is 0 Å².